The molecule has 7 nitrogen and oxygen atoms in total. The molecule has 1 amide bonds. The Bertz CT molecular complexity index is 463. The lowest BCUT2D eigenvalue weighted by molar-refractivity contribution is -0.137. The minimum absolute atomic E-state index is 0.137. The van der Waals surface area contributed by atoms with Crippen molar-refractivity contribution in [3.63, 3.8) is 0 Å². The van der Waals surface area contributed by atoms with Gasteiger partial charge in [-0.05, 0) is 25.7 Å². The number of amides is 1. The summed E-state index contributed by atoms with van der Waals surface area (Å²) in [5.41, 5.74) is 0. The van der Waals surface area contributed by atoms with E-state index in [0.29, 0.717) is 32.4 Å². The molecule has 0 aromatic rings. The fraction of sp³-hybridized carbons (Fsp3) is 0.846. The highest BCUT2D eigenvalue weighted by molar-refractivity contribution is 7.88. The Morgan fingerprint density at radius 1 is 1.24 bits per heavy atom. The maximum absolute atomic E-state index is 12.1. The Hall–Kier alpha value is -1.15. The van der Waals surface area contributed by atoms with E-state index in [0.717, 1.165) is 25.5 Å². The minimum atomic E-state index is -3.36. The minimum Gasteiger partial charge on any atom is -0.481 e. The second-order valence-corrected chi connectivity index (χ2v) is 7.32. The number of hydrogen-bond donors (Lipinski definition) is 2. The van der Waals surface area contributed by atoms with Gasteiger partial charge < -0.3 is 10.4 Å². The van der Waals surface area contributed by atoms with Crippen molar-refractivity contribution in [2.45, 2.75) is 51.0 Å². The molecule has 0 spiro atoms. The highest BCUT2D eigenvalue weighted by Gasteiger charge is 2.34. The zero-order valence-corrected chi connectivity index (χ0v) is 13.2. The molecular weight excluding hydrogens is 296 g/mol. The molecule has 0 radical (unpaired) electrons. The van der Waals surface area contributed by atoms with Crippen molar-refractivity contribution in [1.29, 1.82) is 0 Å². The van der Waals surface area contributed by atoms with Crippen LogP contribution in [0.4, 0.5) is 0 Å². The van der Waals surface area contributed by atoms with E-state index in [2.05, 4.69) is 5.32 Å². The van der Waals surface area contributed by atoms with E-state index in [-0.39, 0.29) is 12.3 Å². The summed E-state index contributed by atoms with van der Waals surface area (Å²) in [6.45, 7) is 0.849. The molecule has 0 aliphatic carbocycles. The summed E-state index contributed by atoms with van der Waals surface area (Å²) in [6, 6.07) is -0.604. The van der Waals surface area contributed by atoms with Gasteiger partial charge in [-0.1, -0.05) is 12.8 Å². The maximum atomic E-state index is 12.1. The molecule has 0 aromatic carbocycles. The Morgan fingerprint density at radius 2 is 1.95 bits per heavy atom. The third-order valence-corrected chi connectivity index (χ3v) is 4.84. The molecule has 1 fully saturated rings. The predicted molar refractivity (Wildman–Crippen MR) is 78.3 cm³/mol. The molecule has 1 unspecified atom stereocenters. The van der Waals surface area contributed by atoms with Crippen LogP contribution in [0, 0.1) is 0 Å². The number of carboxylic acid groups (broad SMARTS) is 1. The maximum Gasteiger partial charge on any atom is 0.303 e. The van der Waals surface area contributed by atoms with E-state index in [1.54, 1.807) is 0 Å². The van der Waals surface area contributed by atoms with E-state index in [4.69, 9.17) is 5.11 Å². The molecule has 0 aromatic heterocycles. The summed E-state index contributed by atoms with van der Waals surface area (Å²) in [6.07, 6.45) is 5.47. The molecule has 1 saturated heterocycles. The predicted octanol–water partition coefficient (Wildman–Crippen LogP) is 0.562. The zero-order chi connectivity index (χ0) is 15.9. The first-order chi connectivity index (χ1) is 9.82. The van der Waals surface area contributed by atoms with Crippen LogP contribution in [0.1, 0.15) is 44.9 Å². The number of aliphatic carboxylic acids is 1. The molecule has 122 valence electrons. The van der Waals surface area contributed by atoms with Crippen LogP contribution in [0.25, 0.3) is 0 Å². The number of unbranched alkanes of at least 4 members (excludes halogenated alkanes) is 2. The largest absolute Gasteiger partial charge is 0.481 e. The summed E-state index contributed by atoms with van der Waals surface area (Å²) in [5.74, 6) is -1.07. The van der Waals surface area contributed by atoms with Gasteiger partial charge in [0.2, 0.25) is 15.9 Å². The van der Waals surface area contributed by atoms with Crippen LogP contribution in [-0.4, -0.2) is 55.1 Å². The van der Waals surface area contributed by atoms with Crippen molar-refractivity contribution in [2.24, 2.45) is 0 Å². The van der Waals surface area contributed by atoms with Crippen LogP contribution in [0.15, 0.2) is 0 Å². The van der Waals surface area contributed by atoms with E-state index >= 15 is 0 Å². The third kappa shape index (κ3) is 6.43. The van der Waals surface area contributed by atoms with Crippen molar-refractivity contribution in [1.82, 2.24) is 9.62 Å². The molecule has 0 bridgehead atoms. The quantitative estimate of drug-likeness (QED) is 0.636. The normalized spacial score (nSPS) is 20.1. The highest BCUT2D eigenvalue weighted by atomic mass is 32.2. The van der Waals surface area contributed by atoms with E-state index in [1.165, 1.54) is 4.31 Å². The summed E-state index contributed by atoms with van der Waals surface area (Å²) in [4.78, 5) is 22.4. The molecule has 1 atom stereocenters. The number of sulfonamides is 1. The Morgan fingerprint density at radius 3 is 2.57 bits per heavy atom. The lowest BCUT2D eigenvalue weighted by atomic mass is 10.0. The smallest absolute Gasteiger partial charge is 0.303 e. The molecular formula is C13H24N2O5S. The number of hydrogen-bond acceptors (Lipinski definition) is 4. The standard InChI is InChI=1S/C13H24N2O5S/c1-21(19,20)15-10-6-4-7-11(15)13(18)14-9-5-2-3-8-12(16)17/h11H,2-10H2,1H3,(H,14,18)(H,16,17). The summed E-state index contributed by atoms with van der Waals surface area (Å²) >= 11 is 0. The average Bonchev–Trinajstić information content (AvgIpc) is 2.41. The van der Waals surface area contributed by atoms with E-state index in [1.807, 2.05) is 0 Å². The number of carboxylic acids is 1. The second-order valence-electron chi connectivity index (χ2n) is 5.38. The van der Waals surface area contributed by atoms with Crippen LogP contribution in [0.3, 0.4) is 0 Å². The molecule has 1 rings (SSSR count). The molecule has 1 heterocycles. The van der Waals surface area contributed by atoms with Gasteiger partial charge in [-0.2, -0.15) is 4.31 Å². The summed E-state index contributed by atoms with van der Waals surface area (Å²) in [7, 11) is -3.36. The SMILES string of the molecule is CS(=O)(=O)N1CCCCC1C(=O)NCCCCCC(=O)O. The fourth-order valence-corrected chi connectivity index (χ4v) is 3.60. The topological polar surface area (TPSA) is 104 Å². The van der Waals surface area contributed by atoms with E-state index in [9.17, 15) is 18.0 Å². The Balaban J connectivity index is 2.34. The number of nitrogens with zero attached hydrogens (tertiary/aromatic N) is 1. The van der Waals surface area contributed by atoms with Crippen LogP contribution in [-0.2, 0) is 19.6 Å². The van der Waals surface area contributed by atoms with Gasteiger partial charge in [0.1, 0.15) is 6.04 Å². The lowest BCUT2D eigenvalue weighted by Crippen LogP contribution is -2.51. The monoisotopic (exact) mass is 320 g/mol. The van der Waals surface area contributed by atoms with Gasteiger partial charge in [-0.25, -0.2) is 8.42 Å². The molecule has 1 aliphatic heterocycles. The fourth-order valence-electron chi connectivity index (χ4n) is 2.47. The molecule has 8 heteroatoms. The third-order valence-electron chi connectivity index (χ3n) is 3.55. The van der Waals surface area contributed by atoms with E-state index < -0.39 is 22.0 Å². The van der Waals surface area contributed by atoms with Gasteiger partial charge in [0.05, 0.1) is 6.26 Å². The molecule has 0 saturated carbocycles. The number of piperidine rings is 1. The first-order valence-electron chi connectivity index (χ1n) is 7.28. The Labute approximate surface area is 125 Å². The van der Waals surface area contributed by atoms with Crippen LogP contribution in [0.2, 0.25) is 0 Å². The second kappa shape index (κ2) is 8.33. The van der Waals surface area contributed by atoms with Crippen molar-refractivity contribution < 1.29 is 23.1 Å². The zero-order valence-electron chi connectivity index (χ0n) is 12.4. The number of nitrogens with one attached hydrogen (secondary N) is 1. The Kier molecular flexibility index (Phi) is 7.10. The molecule has 21 heavy (non-hydrogen) atoms. The average molecular weight is 320 g/mol. The van der Waals surface area contributed by atoms with Gasteiger partial charge in [0.25, 0.3) is 0 Å². The van der Waals surface area contributed by atoms with Crippen molar-refractivity contribution in [2.75, 3.05) is 19.3 Å². The molecule has 2 N–H and O–H groups in total. The number of rotatable bonds is 8. The van der Waals surface area contributed by atoms with Crippen molar-refractivity contribution in [3.8, 4) is 0 Å². The lowest BCUT2D eigenvalue weighted by Gasteiger charge is -2.32. The van der Waals surface area contributed by atoms with Crippen LogP contribution < -0.4 is 5.32 Å². The van der Waals surface area contributed by atoms with Crippen molar-refractivity contribution >= 4 is 21.9 Å². The number of carbonyl (C=O) groups excluding carboxylic acids is 1. The first-order valence-corrected chi connectivity index (χ1v) is 9.13. The first kappa shape index (κ1) is 17.9. The van der Waals surface area contributed by atoms with Crippen LogP contribution in [0.5, 0.6) is 0 Å². The number of carbonyl (C=O) groups is 2. The van der Waals surface area contributed by atoms with Crippen LogP contribution >= 0.6 is 0 Å². The summed E-state index contributed by atoms with van der Waals surface area (Å²) in [5, 5.41) is 11.3. The summed E-state index contributed by atoms with van der Waals surface area (Å²) < 4.78 is 24.6. The van der Waals surface area contributed by atoms with Gasteiger partial charge >= 0.3 is 5.97 Å². The van der Waals surface area contributed by atoms with Gasteiger partial charge in [-0.3, -0.25) is 9.59 Å². The van der Waals surface area contributed by atoms with Crippen molar-refractivity contribution in [3.05, 3.63) is 0 Å². The highest BCUT2D eigenvalue weighted by Crippen LogP contribution is 2.19. The van der Waals surface area contributed by atoms with Gasteiger partial charge in [-0.15, -0.1) is 0 Å². The van der Waals surface area contributed by atoms with Gasteiger partial charge in [0, 0.05) is 19.5 Å². The van der Waals surface area contributed by atoms with Gasteiger partial charge in [0.15, 0.2) is 0 Å². The molecule has 1 aliphatic rings.